The zero-order chi connectivity index (χ0) is 12.4. The highest BCUT2D eigenvalue weighted by molar-refractivity contribution is 7.07. The van der Waals surface area contributed by atoms with Gasteiger partial charge in [-0.1, -0.05) is 6.07 Å². The minimum absolute atomic E-state index is 0.379. The maximum atomic E-state index is 10.2. The highest BCUT2D eigenvalue weighted by Gasteiger charge is 2.15. The second kappa shape index (κ2) is 5.12. The predicted octanol–water partition coefficient (Wildman–Crippen LogP) is 3.35. The molecule has 1 aliphatic rings. The monoisotopic (exact) mass is 260 g/mol. The van der Waals surface area contributed by atoms with Crippen LogP contribution in [-0.2, 0) is 12.8 Å². The van der Waals surface area contributed by atoms with Gasteiger partial charge in [0.2, 0.25) is 0 Å². The van der Waals surface area contributed by atoms with E-state index in [1.807, 2.05) is 12.1 Å². The van der Waals surface area contributed by atoms with Crippen LogP contribution in [0, 0.1) is 0 Å². The lowest BCUT2D eigenvalue weighted by atomic mass is 10.00. The van der Waals surface area contributed by atoms with Gasteiger partial charge in [-0.25, -0.2) is 0 Å². The first kappa shape index (κ1) is 11.8. The van der Waals surface area contributed by atoms with E-state index in [0.717, 1.165) is 37.2 Å². The summed E-state index contributed by atoms with van der Waals surface area (Å²) in [5, 5.41) is 14.4. The molecule has 2 nitrogen and oxygen atoms in total. The van der Waals surface area contributed by atoms with Gasteiger partial charge >= 0.3 is 0 Å². The molecular weight excluding hydrogens is 244 g/mol. The molecule has 94 valence electrons. The number of benzene rings is 1. The summed E-state index contributed by atoms with van der Waals surface area (Å²) in [6.45, 7) is 0.768. The minimum atomic E-state index is -0.379. The Morgan fingerprint density at radius 1 is 1.33 bits per heavy atom. The number of aliphatic hydroxyl groups excluding tert-OH is 1. The van der Waals surface area contributed by atoms with E-state index >= 15 is 0 Å². The molecule has 0 saturated heterocycles. The zero-order valence-corrected chi connectivity index (χ0v) is 11.0. The maximum absolute atomic E-state index is 10.2. The number of rotatable bonds is 4. The van der Waals surface area contributed by atoms with Gasteiger partial charge in [0.05, 0.1) is 12.7 Å². The van der Waals surface area contributed by atoms with Gasteiger partial charge in [-0.05, 0) is 58.5 Å². The zero-order valence-electron chi connectivity index (χ0n) is 10.1. The summed E-state index contributed by atoms with van der Waals surface area (Å²) >= 11 is 1.71. The summed E-state index contributed by atoms with van der Waals surface area (Å²) in [4.78, 5) is 0. The molecule has 1 aromatic heterocycles. The lowest BCUT2D eigenvalue weighted by Gasteiger charge is -2.11. The third kappa shape index (κ3) is 2.42. The molecular formula is C15H16O2S. The van der Waals surface area contributed by atoms with Crippen molar-refractivity contribution in [2.24, 2.45) is 0 Å². The topological polar surface area (TPSA) is 29.5 Å². The van der Waals surface area contributed by atoms with Crippen molar-refractivity contribution >= 4 is 11.3 Å². The Morgan fingerprint density at radius 2 is 2.28 bits per heavy atom. The summed E-state index contributed by atoms with van der Waals surface area (Å²) in [5.74, 6) is 0.976. The fourth-order valence-corrected chi connectivity index (χ4v) is 3.02. The molecule has 0 bridgehead atoms. The highest BCUT2D eigenvalue weighted by atomic mass is 32.1. The van der Waals surface area contributed by atoms with Gasteiger partial charge in [-0.3, -0.25) is 0 Å². The van der Waals surface area contributed by atoms with Gasteiger partial charge in [0.25, 0.3) is 0 Å². The average molecular weight is 260 g/mol. The summed E-state index contributed by atoms with van der Waals surface area (Å²) < 4.78 is 5.47. The number of thiophene rings is 1. The Labute approximate surface area is 111 Å². The number of fused-ring (bicyclic) bond motifs is 1. The fraction of sp³-hybridized carbons (Fsp3) is 0.333. The van der Waals surface area contributed by atoms with Crippen molar-refractivity contribution in [3.05, 3.63) is 51.7 Å². The van der Waals surface area contributed by atoms with Crippen molar-refractivity contribution < 1.29 is 9.84 Å². The molecule has 0 saturated carbocycles. The first-order valence-corrected chi connectivity index (χ1v) is 7.22. The van der Waals surface area contributed by atoms with Crippen molar-refractivity contribution in [2.75, 3.05) is 6.61 Å². The lowest BCUT2D eigenvalue weighted by Crippen LogP contribution is -1.99. The van der Waals surface area contributed by atoms with Gasteiger partial charge in [0, 0.05) is 6.42 Å². The van der Waals surface area contributed by atoms with Gasteiger partial charge in [0.1, 0.15) is 5.75 Å². The summed E-state index contributed by atoms with van der Waals surface area (Å²) in [5.41, 5.74) is 3.54. The van der Waals surface area contributed by atoms with Gasteiger partial charge in [-0.15, -0.1) is 0 Å². The minimum Gasteiger partial charge on any atom is -0.493 e. The second-order valence-electron chi connectivity index (χ2n) is 4.65. The maximum Gasteiger partial charge on any atom is 0.122 e. The van der Waals surface area contributed by atoms with Gasteiger partial charge in [0.15, 0.2) is 0 Å². The number of ether oxygens (including phenoxy) is 1. The molecule has 0 amide bonds. The number of hydrogen-bond acceptors (Lipinski definition) is 3. The van der Waals surface area contributed by atoms with E-state index in [2.05, 4.69) is 22.9 Å². The summed E-state index contributed by atoms with van der Waals surface area (Å²) in [6, 6.07) is 8.16. The molecule has 0 fully saturated rings. The van der Waals surface area contributed by atoms with Gasteiger partial charge < -0.3 is 9.84 Å². The fourth-order valence-electron chi connectivity index (χ4n) is 2.32. The van der Waals surface area contributed by atoms with E-state index in [4.69, 9.17) is 4.74 Å². The Kier molecular flexibility index (Phi) is 3.35. The molecule has 0 aliphatic carbocycles. The number of aryl methyl sites for hydroxylation is 1. The molecule has 0 radical (unpaired) electrons. The average Bonchev–Trinajstić information content (AvgIpc) is 3.05. The van der Waals surface area contributed by atoms with Gasteiger partial charge in [-0.2, -0.15) is 11.3 Å². The number of hydrogen-bond donors (Lipinski definition) is 1. The first-order chi connectivity index (χ1) is 8.83. The van der Waals surface area contributed by atoms with E-state index in [9.17, 15) is 5.11 Å². The van der Waals surface area contributed by atoms with E-state index < -0.39 is 0 Å². The highest BCUT2D eigenvalue weighted by Crippen LogP contribution is 2.29. The van der Waals surface area contributed by atoms with E-state index in [0.29, 0.717) is 0 Å². The molecule has 1 aromatic carbocycles. The predicted molar refractivity (Wildman–Crippen MR) is 73.2 cm³/mol. The Hall–Kier alpha value is -1.32. The van der Waals surface area contributed by atoms with Crippen LogP contribution in [0.15, 0.2) is 35.0 Å². The molecule has 1 aliphatic heterocycles. The second-order valence-corrected chi connectivity index (χ2v) is 5.43. The van der Waals surface area contributed by atoms with E-state index in [-0.39, 0.29) is 6.10 Å². The summed E-state index contributed by atoms with van der Waals surface area (Å²) in [7, 11) is 0. The Balaban J connectivity index is 1.67. The standard InChI is InChI=1S/C15H16O2S/c16-14(3-1-11-6-8-18-10-11)12-2-4-15-13(9-12)5-7-17-15/h2,4,6,8-10,14,16H,1,3,5,7H2. The smallest absolute Gasteiger partial charge is 0.122 e. The molecule has 1 N–H and O–H groups in total. The largest absolute Gasteiger partial charge is 0.493 e. The van der Waals surface area contributed by atoms with Crippen LogP contribution in [0.25, 0.3) is 0 Å². The van der Waals surface area contributed by atoms with Crippen molar-refractivity contribution in [1.82, 2.24) is 0 Å². The first-order valence-electron chi connectivity index (χ1n) is 6.28. The molecule has 2 aromatic rings. The van der Waals surface area contributed by atoms with Crippen LogP contribution in [0.5, 0.6) is 5.75 Å². The summed E-state index contributed by atoms with van der Waals surface area (Å²) in [6.07, 6.45) is 2.28. The van der Waals surface area contributed by atoms with Crippen molar-refractivity contribution in [2.45, 2.75) is 25.4 Å². The van der Waals surface area contributed by atoms with Crippen LogP contribution >= 0.6 is 11.3 Å². The van der Waals surface area contributed by atoms with Crippen LogP contribution in [0.1, 0.15) is 29.2 Å². The van der Waals surface area contributed by atoms with Crippen LogP contribution in [-0.4, -0.2) is 11.7 Å². The molecule has 0 spiro atoms. The molecule has 1 atom stereocenters. The van der Waals surface area contributed by atoms with Crippen LogP contribution in [0.2, 0.25) is 0 Å². The lowest BCUT2D eigenvalue weighted by molar-refractivity contribution is 0.168. The number of aliphatic hydroxyl groups is 1. The quantitative estimate of drug-likeness (QED) is 0.913. The van der Waals surface area contributed by atoms with Crippen LogP contribution in [0.3, 0.4) is 0 Å². The molecule has 2 heterocycles. The van der Waals surface area contributed by atoms with E-state index in [1.165, 1.54) is 11.1 Å². The molecule has 1 unspecified atom stereocenters. The van der Waals surface area contributed by atoms with Crippen LogP contribution < -0.4 is 4.74 Å². The van der Waals surface area contributed by atoms with Crippen molar-refractivity contribution in [3.63, 3.8) is 0 Å². The third-order valence-electron chi connectivity index (χ3n) is 3.38. The third-order valence-corrected chi connectivity index (χ3v) is 4.12. The van der Waals surface area contributed by atoms with Crippen molar-refractivity contribution in [3.8, 4) is 5.75 Å². The van der Waals surface area contributed by atoms with Crippen LogP contribution in [0.4, 0.5) is 0 Å². The van der Waals surface area contributed by atoms with E-state index in [1.54, 1.807) is 11.3 Å². The molecule has 3 rings (SSSR count). The normalized spacial score (nSPS) is 15.2. The Morgan fingerprint density at radius 3 is 3.11 bits per heavy atom. The molecule has 3 heteroatoms. The SMILES string of the molecule is OC(CCc1ccsc1)c1ccc2c(c1)CCO2. The molecule has 18 heavy (non-hydrogen) atoms. The Bertz CT molecular complexity index is 519. The van der Waals surface area contributed by atoms with Crippen molar-refractivity contribution in [1.29, 1.82) is 0 Å².